The van der Waals surface area contributed by atoms with Crippen molar-refractivity contribution in [1.29, 1.82) is 0 Å². The SMILES string of the molecule is O=C(O)CN1Cc2ccc(-c3nc(NC4CCOCC4)ncc3C(F)(F)F)cc2C1=O. The second-order valence-corrected chi connectivity index (χ2v) is 7.41. The summed E-state index contributed by atoms with van der Waals surface area (Å²) in [6, 6.07) is 4.30. The molecule has 0 bridgehead atoms. The monoisotopic (exact) mass is 436 g/mol. The van der Waals surface area contributed by atoms with Crippen molar-refractivity contribution in [2.45, 2.75) is 31.6 Å². The van der Waals surface area contributed by atoms with E-state index in [1.54, 1.807) is 0 Å². The number of rotatable bonds is 5. The molecular formula is C20H19F3N4O4. The summed E-state index contributed by atoms with van der Waals surface area (Å²) in [6.45, 7) is 0.701. The number of anilines is 1. The van der Waals surface area contributed by atoms with Crippen LogP contribution in [0.5, 0.6) is 0 Å². The van der Waals surface area contributed by atoms with Gasteiger partial charge in [0.1, 0.15) is 12.1 Å². The van der Waals surface area contributed by atoms with Gasteiger partial charge in [0.2, 0.25) is 5.95 Å². The Hall–Kier alpha value is -3.21. The Morgan fingerprint density at radius 3 is 2.71 bits per heavy atom. The predicted molar refractivity (Wildman–Crippen MR) is 102 cm³/mol. The van der Waals surface area contributed by atoms with Gasteiger partial charge in [0.25, 0.3) is 5.91 Å². The van der Waals surface area contributed by atoms with E-state index in [4.69, 9.17) is 9.84 Å². The van der Waals surface area contributed by atoms with Crippen LogP contribution in [0.3, 0.4) is 0 Å². The lowest BCUT2D eigenvalue weighted by molar-refractivity contribution is -0.138. The molecule has 11 heteroatoms. The van der Waals surface area contributed by atoms with Crippen LogP contribution in [0.15, 0.2) is 24.4 Å². The second-order valence-electron chi connectivity index (χ2n) is 7.41. The first-order valence-corrected chi connectivity index (χ1v) is 9.65. The van der Waals surface area contributed by atoms with Crippen molar-refractivity contribution in [1.82, 2.24) is 14.9 Å². The van der Waals surface area contributed by atoms with Crippen LogP contribution in [-0.4, -0.2) is 57.7 Å². The third kappa shape index (κ3) is 4.46. The summed E-state index contributed by atoms with van der Waals surface area (Å²) in [6.07, 6.45) is -2.58. The van der Waals surface area contributed by atoms with Gasteiger partial charge in [-0.2, -0.15) is 13.2 Å². The Bertz CT molecular complexity index is 1020. The molecule has 0 atom stereocenters. The first-order valence-electron chi connectivity index (χ1n) is 9.65. The molecule has 0 saturated carbocycles. The first kappa shape index (κ1) is 21.0. The number of alkyl halides is 3. The van der Waals surface area contributed by atoms with Crippen LogP contribution in [0, 0.1) is 0 Å². The van der Waals surface area contributed by atoms with E-state index in [0.29, 0.717) is 31.6 Å². The van der Waals surface area contributed by atoms with Crippen molar-refractivity contribution < 1.29 is 32.6 Å². The van der Waals surface area contributed by atoms with Gasteiger partial charge >= 0.3 is 12.1 Å². The molecule has 4 rings (SSSR count). The third-order valence-electron chi connectivity index (χ3n) is 5.24. The summed E-state index contributed by atoms with van der Waals surface area (Å²) < 4.78 is 46.1. The van der Waals surface area contributed by atoms with E-state index in [-0.39, 0.29) is 35.4 Å². The van der Waals surface area contributed by atoms with E-state index in [9.17, 15) is 22.8 Å². The van der Waals surface area contributed by atoms with Gasteiger partial charge in [-0.15, -0.1) is 0 Å². The number of benzene rings is 1. The molecule has 0 unspecified atom stereocenters. The fraction of sp³-hybridized carbons (Fsp3) is 0.400. The summed E-state index contributed by atoms with van der Waals surface area (Å²) in [4.78, 5) is 32.5. The molecule has 2 N–H and O–H groups in total. The Morgan fingerprint density at radius 2 is 2.03 bits per heavy atom. The molecule has 0 aliphatic carbocycles. The fourth-order valence-electron chi connectivity index (χ4n) is 3.70. The first-order chi connectivity index (χ1) is 14.7. The smallest absolute Gasteiger partial charge is 0.419 e. The van der Waals surface area contributed by atoms with Crippen LogP contribution in [0.2, 0.25) is 0 Å². The molecular weight excluding hydrogens is 417 g/mol. The molecule has 1 fully saturated rings. The van der Waals surface area contributed by atoms with Gasteiger partial charge in [0.05, 0.1) is 5.69 Å². The van der Waals surface area contributed by atoms with Gasteiger partial charge in [-0.3, -0.25) is 9.59 Å². The number of hydrogen-bond acceptors (Lipinski definition) is 6. The van der Waals surface area contributed by atoms with Crippen LogP contribution >= 0.6 is 0 Å². The average Bonchev–Trinajstić information content (AvgIpc) is 3.02. The number of carbonyl (C=O) groups excluding carboxylic acids is 1. The number of carboxylic acid groups (broad SMARTS) is 1. The highest BCUT2D eigenvalue weighted by molar-refractivity contribution is 6.00. The van der Waals surface area contributed by atoms with E-state index in [2.05, 4.69) is 15.3 Å². The number of aromatic nitrogens is 2. The number of aliphatic carboxylic acids is 1. The Kier molecular flexibility index (Phi) is 5.52. The zero-order valence-electron chi connectivity index (χ0n) is 16.3. The summed E-state index contributed by atoms with van der Waals surface area (Å²) in [5.74, 6) is -1.64. The van der Waals surface area contributed by atoms with Gasteiger partial charge in [-0.05, 0) is 24.5 Å². The lowest BCUT2D eigenvalue weighted by atomic mass is 10.0. The molecule has 164 valence electrons. The van der Waals surface area contributed by atoms with Crippen LogP contribution in [0.4, 0.5) is 19.1 Å². The number of nitrogens with zero attached hydrogens (tertiary/aromatic N) is 3. The fourth-order valence-corrected chi connectivity index (χ4v) is 3.70. The molecule has 2 aliphatic heterocycles. The number of halogens is 3. The van der Waals surface area contributed by atoms with E-state index in [1.807, 2.05) is 0 Å². The molecule has 0 spiro atoms. The van der Waals surface area contributed by atoms with Crippen LogP contribution in [0.1, 0.15) is 34.3 Å². The predicted octanol–water partition coefficient (Wildman–Crippen LogP) is 2.79. The van der Waals surface area contributed by atoms with Crippen molar-refractivity contribution in [3.63, 3.8) is 0 Å². The van der Waals surface area contributed by atoms with Crippen molar-refractivity contribution in [3.8, 4) is 11.3 Å². The van der Waals surface area contributed by atoms with E-state index in [1.165, 1.54) is 18.2 Å². The standard InChI is InChI=1S/C20H19F3N4O4/c21-20(22,23)15-8-24-19(25-13-3-5-31-6-4-13)26-17(15)11-1-2-12-9-27(10-16(28)29)18(30)14(12)7-11/h1-2,7-8,13H,3-6,9-10H2,(H,28,29)(H,24,25,26). The molecule has 2 aliphatic rings. The molecule has 1 amide bonds. The summed E-state index contributed by atoms with van der Waals surface area (Å²) >= 11 is 0. The van der Waals surface area contributed by atoms with Gasteiger partial charge in [0.15, 0.2) is 0 Å². The minimum Gasteiger partial charge on any atom is -0.480 e. The zero-order chi connectivity index (χ0) is 22.2. The summed E-state index contributed by atoms with van der Waals surface area (Å²) in [7, 11) is 0. The lowest BCUT2D eigenvalue weighted by Gasteiger charge is -2.23. The van der Waals surface area contributed by atoms with Crippen LogP contribution in [-0.2, 0) is 22.3 Å². The molecule has 3 heterocycles. The maximum Gasteiger partial charge on any atom is 0.419 e. The lowest BCUT2D eigenvalue weighted by Crippen LogP contribution is -2.29. The molecule has 8 nitrogen and oxygen atoms in total. The van der Waals surface area contributed by atoms with E-state index < -0.39 is 30.2 Å². The number of carbonyl (C=O) groups is 2. The largest absolute Gasteiger partial charge is 0.480 e. The molecule has 31 heavy (non-hydrogen) atoms. The average molecular weight is 436 g/mol. The van der Waals surface area contributed by atoms with Gasteiger partial charge in [-0.1, -0.05) is 12.1 Å². The van der Waals surface area contributed by atoms with Crippen molar-refractivity contribution >= 4 is 17.8 Å². The van der Waals surface area contributed by atoms with Crippen molar-refractivity contribution in [2.24, 2.45) is 0 Å². The second kappa shape index (κ2) is 8.14. The van der Waals surface area contributed by atoms with Gasteiger partial charge in [0, 0.05) is 43.1 Å². The van der Waals surface area contributed by atoms with E-state index >= 15 is 0 Å². The summed E-state index contributed by atoms with van der Waals surface area (Å²) in [5.41, 5.74) is -0.529. The molecule has 1 saturated heterocycles. The normalized spacial score (nSPS) is 17.0. The molecule has 0 radical (unpaired) electrons. The Labute approximate surface area is 175 Å². The van der Waals surface area contributed by atoms with Crippen molar-refractivity contribution in [3.05, 3.63) is 41.1 Å². The Balaban J connectivity index is 1.69. The highest BCUT2D eigenvalue weighted by Gasteiger charge is 2.36. The van der Waals surface area contributed by atoms with Gasteiger partial charge < -0.3 is 20.1 Å². The Morgan fingerprint density at radius 1 is 1.29 bits per heavy atom. The molecule has 1 aromatic carbocycles. The summed E-state index contributed by atoms with van der Waals surface area (Å²) in [5, 5.41) is 12.0. The number of fused-ring (bicyclic) bond motifs is 1. The highest BCUT2D eigenvalue weighted by atomic mass is 19.4. The van der Waals surface area contributed by atoms with Gasteiger partial charge in [-0.25, -0.2) is 9.97 Å². The third-order valence-corrected chi connectivity index (χ3v) is 5.24. The number of ether oxygens (including phenoxy) is 1. The number of nitrogens with one attached hydrogen (secondary N) is 1. The zero-order valence-corrected chi connectivity index (χ0v) is 16.3. The van der Waals surface area contributed by atoms with Crippen LogP contribution < -0.4 is 5.32 Å². The van der Waals surface area contributed by atoms with Crippen LogP contribution in [0.25, 0.3) is 11.3 Å². The maximum absolute atomic E-state index is 13.6. The topological polar surface area (TPSA) is 105 Å². The number of amides is 1. The highest BCUT2D eigenvalue weighted by Crippen LogP contribution is 2.37. The van der Waals surface area contributed by atoms with Crippen molar-refractivity contribution in [2.75, 3.05) is 25.1 Å². The quantitative estimate of drug-likeness (QED) is 0.743. The minimum atomic E-state index is -4.69. The van der Waals surface area contributed by atoms with E-state index in [0.717, 1.165) is 11.1 Å². The maximum atomic E-state index is 13.6. The number of hydrogen-bond donors (Lipinski definition) is 2. The molecule has 2 aromatic rings. The molecule has 1 aromatic heterocycles. The number of carboxylic acids is 1. The minimum absolute atomic E-state index is 0.00971.